The number of hydrogen-bond acceptors (Lipinski definition) is 2. The summed E-state index contributed by atoms with van der Waals surface area (Å²) in [4.78, 5) is 12.0. The SMILES string of the molecule is O=C(CC1CCNC1)CC1CC2CCC1C2. The number of carbonyl (C=O) groups is 1. The van der Waals surface area contributed by atoms with Crippen molar-refractivity contribution in [2.45, 2.75) is 44.9 Å². The molecule has 3 aliphatic rings. The van der Waals surface area contributed by atoms with Crippen molar-refractivity contribution in [3.05, 3.63) is 0 Å². The van der Waals surface area contributed by atoms with Crippen molar-refractivity contribution in [1.82, 2.24) is 5.32 Å². The molecule has 16 heavy (non-hydrogen) atoms. The average Bonchev–Trinajstić information content (AvgIpc) is 2.92. The highest BCUT2D eigenvalue weighted by Gasteiger charge is 2.40. The first kappa shape index (κ1) is 10.8. The molecule has 3 rings (SSSR count). The second-order valence-corrected chi connectivity index (χ2v) is 6.24. The minimum atomic E-state index is 0.547. The number of Topliss-reactive ketones (excluding diaryl/α,β-unsaturated/α-hetero) is 1. The quantitative estimate of drug-likeness (QED) is 0.789. The Morgan fingerprint density at radius 3 is 2.69 bits per heavy atom. The Morgan fingerprint density at radius 2 is 2.06 bits per heavy atom. The molecular formula is C14H23NO. The second-order valence-electron chi connectivity index (χ2n) is 6.24. The lowest BCUT2D eigenvalue weighted by molar-refractivity contribution is -0.121. The van der Waals surface area contributed by atoms with E-state index in [4.69, 9.17) is 0 Å². The fourth-order valence-electron chi connectivity index (χ4n) is 4.21. The zero-order chi connectivity index (χ0) is 11.0. The first-order chi connectivity index (χ1) is 7.81. The number of carbonyl (C=O) groups excluding carboxylic acids is 1. The van der Waals surface area contributed by atoms with E-state index in [1.54, 1.807) is 0 Å². The number of hydrogen-bond donors (Lipinski definition) is 1. The lowest BCUT2D eigenvalue weighted by atomic mass is 9.84. The monoisotopic (exact) mass is 221 g/mol. The Hall–Kier alpha value is -0.370. The molecule has 0 aromatic heterocycles. The summed E-state index contributed by atoms with van der Waals surface area (Å²) in [6.45, 7) is 2.19. The van der Waals surface area contributed by atoms with E-state index in [0.29, 0.717) is 11.7 Å². The van der Waals surface area contributed by atoms with Crippen molar-refractivity contribution in [2.75, 3.05) is 13.1 Å². The third-order valence-electron chi connectivity index (χ3n) is 5.05. The average molecular weight is 221 g/mol. The molecule has 4 unspecified atom stereocenters. The molecule has 90 valence electrons. The Balaban J connectivity index is 1.45. The first-order valence-corrected chi connectivity index (χ1v) is 7.03. The topological polar surface area (TPSA) is 29.1 Å². The molecule has 0 spiro atoms. The highest BCUT2D eigenvalue weighted by atomic mass is 16.1. The van der Waals surface area contributed by atoms with Crippen molar-refractivity contribution < 1.29 is 4.79 Å². The van der Waals surface area contributed by atoms with Crippen LogP contribution in [0.15, 0.2) is 0 Å². The van der Waals surface area contributed by atoms with Crippen molar-refractivity contribution >= 4 is 5.78 Å². The van der Waals surface area contributed by atoms with Gasteiger partial charge in [0.1, 0.15) is 5.78 Å². The molecule has 1 N–H and O–H groups in total. The van der Waals surface area contributed by atoms with Crippen LogP contribution in [0.5, 0.6) is 0 Å². The molecule has 2 aliphatic carbocycles. The lowest BCUT2D eigenvalue weighted by Gasteiger charge is -2.21. The van der Waals surface area contributed by atoms with Crippen LogP contribution in [0.1, 0.15) is 44.9 Å². The van der Waals surface area contributed by atoms with Gasteiger partial charge in [0.25, 0.3) is 0 Å². The molecule has 1 heterocycles. The zero-order valence-corrected chi connectivity index (χ0v) is 10.1. The van der Waals surface area contributed by atoms with Crippen molar-refractivity contribution in [2.24, 2.45) is 23.7 Å². The van der Waals surface area contributed by atoms with E-state index in [1.165, 1.54) is 32.1 Å². The van der Waals surface area contributed by atoms with E-state index < -0.39 is 0 Å². The summed E-state index contributed by atoms with van der Waals surface area (Å²) >= 11 is 0. The van der Waals surface area contributed by atoms with Crippen molar-refractivity contribution in [3.8, 4) is 0 Å². The van der Waals surface area contributed by atoms with Gasteiger partial charge < -0.3 is 5.32 Å². The molecule has 1 saturated heterocycles. The van der Waals surface area contributed by atoms with Crippen LogP contribution in [0.4, 0.5) is 0 Å². The Bertz CT molecular complexity index is 270. The Kier molecular flexibility index (Phi) is 3.01. The summed E-state index contributed by atoms with van der Waals surface area (Å²) in [6, 6.07) is 0. The minimum Gasteiger partial charge on any atom is -0.316 e. The van der Waals surface area contributed by atoms with E-state index in [2.05, 4.69) is 5.32 Å². The van der Waals surface area contributed by atoms with Gasteiger partial charge in [0.15, 0.2) is 0 Å². The molecule has 3 fully saturated rings. The second kappa shape index (κ2) is 4.48. The standard InChI is InChI=1S/C14H23NO/c16-14(7-11-3-4-15-9-11)8-13-6-10-1-2-12(13)5-10/h10-13,15H,1-9H2. The Labute approximate surface area is 98.2 Å². The van der Waals surface area contributed by atoms with Gasteiger partial charge in [0.05, 0.1) is 0 Å². The van der Waals surface area contributed by atoms with E-state index in [0.717, 1.165) is 43.7 Å². The van der Waals surface area contributed by atoms with Crippen LogP contribution in [-0.4, -0.2) is 18.9 Å². The van der Waals surface area contributed by atoms with Crippen LogP contribution < -0.4 is 5.32 Å². The molecule has 4 atom stereocenters. The maximum atomic E-state index is 12.0. The molecule has 2 heteroatoms. The summed E-state index contributed by atoms with van der Waals surface area (Å²) in [5.41, 5.74) is 0. The molecule has 0 radical (unpaired) electrons. The highest BCUT2D eigenvalue weighted by Crippen LogP contribution is 2.49. The first-order valence-electron chi connectivity index (χ1n) is 7.03. The number of ketones is 1. The number of nitrogens with one attached hydrogen (secondary N) is 1. The van der Waals surface area contributed by atoms with Gasteiger partial charge in [-0.2, -0.15) is 0 Å². The smallest absolute Gasteiger partial charge is 0.133 e. The maximum absolute atomic E-state index is 12.0. The van der Waals surface area contributed by atoms with Gasteiger partial charge >= 0.3 is 0 Å². The van der Waals surface area contributed by atoms with E-state index in [-0.39, 0.29) is 0 Å². The number of rotatable bonds is 4. The molecule has 2 bridgehead atoms. The van der Waals surface area contributed by atoms with Gasteiger partial charge in [-0.1, -0.05) is 6.42 Å². The van der Waals surface area contributed by atoms with Gasteiger partial charge in [-0.25, -0.2) is 0 Å². The predicted molar refractivity (Wildman–Crippen MR) is 64.2 cm³/mol. The summed E-state index contributed by atoms with van der Waals surface area (Å²) in [6.07, 6.45) is 8.61. The minimum absolute atomic E-state index is 0.547. The van der Waals surface area contributed by atoms with Crippen LogP contribution >= 0.6 is 0 Å². The highest BCUT2D eigenvalue weighted by molar-refractivity contribution is 5.79. The summed E-state index contributed by atoms with van der Waals surface area (Å²) in [5.74, 6) is 3.85. The maximum Gasteiger partial charge on any atom is 0.133 e. The molecule has 0 amide bonds. The van der Waals surface area contributed by atoms with E-state index in [9.17, 15) is 4.79 Å². The van der Waals surface area contributed by atoms with Crippen LogP contribution in [0.25, 0.3) is 0 Å². The fraction of sp³-hybridized carbons (Fsp3) is 0.929. The number of fused-ring (bicyclic) bond motifs is 2. The Morgan fingerprint density at radius 1 is 1.12 bits per heavy atom. The summed E-state index contributed by atoms with van der Waals surface area (Å²) in [7, 11) is 0. The molecular weight excluding hydrogens is 198 g/mol. The van der Waals surface area contributed by atoms with Crippen molar-refractivity contribution in [3.63, 3.8) is 0 Å². The van der Waals surface area contributed by atoms with Crippen LogP contribution in [0.3, 0.4) is 0 Å². The van der Waals surface area contributed by atoms with Gasteiger partial charge in [0.2, 0.25) is 0 Å². The molecule has 0 aromatic carbocycles. The van der Waals surface area contributed by atoms with Gasteiger partial charge in [-0.15, -0.1) is 0 Å². The van der Waals surface area contributed by atoms with Crippen molar-refractivity contribution in [1.29, 1.82) is 0 Å². The summed E-state index contributed by atoms with van der Waals surface area (Å²) < 4.78 is 0. The van der Waals surface area contributed by atoms with Crippen LogP contribution in [-0.2, 0) is 4.79 Å². The van der Waals surface area contributed by atoms with E-state index in [1.807, 2.05) is 0 Å². The van der Waals surface area contributed by atoms with Crippen LogP contribution in [0, 0.1) is 23.7 Å². The third kappa shape index (κ3) is 2.17. The molecule has 1 aliphatic heterocycles. The lowest BCUT2D eigenvalue weighted by Crippen LogP contribution is -2.18. The zero-order valence-electron chi connectivity index (χ0n) is 10.1. The van der Waals surface area contributed by atoms with Gasteiger partial charge in [0, 0.05) is 12.8 Å². The van der Waals surface area contributed by atoms with Crippen LogP contribution in [0.2, 0.25) is 0 Å². The fourth-order valence-corrected chi connectivity index (χ4v) is 4.21. The van der Waals surface area contributed by atoms with Gasteiger partial charge in [-0.05, 0) is 62.4 Å². The van der Waals surface area contributed by atoms with E-state index >= 15 is 0 Å². The normalized spacial score (nSPS) is 41.8. The predicted octanol–water partition coefficient (Wildman–Crippen LogP) is 2.38. The molecule has 2 nitrogen and oxygen atoms in total. The van der Waals surface area contributed by atoms with Gasteiger partial charge in [-0.3, -0.25) is 4.79 Å². The summed E-state index contributed by atoms with van der Waals surface area (Å²) in [5, 5.41) is 3.35. The molecule has 2 saturated carbocycles. The molecule has 0 aromatic rings. The largest absolute Gasteiger partial charge is 0.316 e. The third-order valence-corrected chi connectivity index (χ3v) is 5.05.